The highest BCUT2D eigenvalue weighted by Crippen LogP contribution is 2.21. The lowest BCUT2D eigenvalue weighted by Crippen LogP contribution is -2.35. The maximum absolute atomic E-state index is 10.8. The Morgan fingerprint density at radius 2 is 2.44 bits per heavy atom. The van der Waals surface area contributed by atoms with Gasteiger partial charge in [-0.05, 0) is 25.4 Å². The molecule has 2 aromatic heterocycles. The number of nitrogens with zero attached hydrogens (tertiary/aromatic N) is 3. The Kier molecular flexibility index (Phi) is 3.73. The van der Waals surface area contributed by atoms with Crippen LogP contribution in [0.3, 0.4) is 0 Å². The molecule has 2 heterocycles. The Bertz CT molecular complexity index is 523. The van der Waals surface area contributed by atoms with Gasteiger partial charge in [0, 0.05) is 0 Å². The summed E-state index contributed by atoms with van der Waals surface area (Å²) in [6.45, 7) is 1.92. The smallest absolute Gasteiger partial charge is 0.320 e. The first-order chi connectivity index (χ1) is 8.58. The van der Waals surface area contributed by atoms with Gasteiger partial charge >= 0.3 is 5.97 Å². The quantitative estimate of drug-likeness (QED) is 0.888. The second kappa shape index (κ2) is 5.28. The lowest BCUT2D eigenvalue weighted by atomic mass is 10.3. The van der Waals surface area contributed by atoms with Crippen LogP contribution in [-0.4, -0.2) is 39.2 Å². The third-order valence-electron chi connectivity index (χ3n) is 2.61. The van der Waals surface area contributed by atoms with Crippen LogP contribution in [0.4, 0.5) is 0 Å². The molecule has 6 nitrogen and oxygen atoms in total. The van der Waals surface area contributed by atoms with E-state index in [1.54, 1.807) is 18.9 Å². The number of likely N-dealkylation sites (N-methyl/N-ethyl adjacent to an activating group) is 1. The zero-order chi connectivity index (χ0) is 13.1. The maximum atomic E-state index is 10.8. The highest BCUT2D eigenvalue weighted by atomic mass is 32.1. The Labute approximate surface area is 108 Å². The molecule has 2 aromatic rings. The summed E-state index contributed by atoms with van der Waals surface area (Å²) >= 11 is 1.53. The van der Waals surface area contributed by atoms with Crippen molar-refractivity contribution in [2.24, 2.45) is 0 Å². The molecule has 96 valence electrons. The summed E-state index contributed by atoms with van der Waals surface area (Å²) in [7, 11) is 1.70. The van der Waals surface area contributed by atoms with Crippen LogP contribution in [0, 0.1) is 0 Å². The molecule has 0 fully saturated rings. The van der Waals surface area contributed by atoms with Gasteiger partial charge < -0.3 is 9.63 Å². The van der Waals surface area contributed by atoms with E-state index in [1.807, 2.05) is 17.5 Å². The number of thiophene rings is 1. The lowest BCUT2D eigenvalue weighted by molar-refractivity contribution is -0.142. The molecule has 0 amide bonds. The average Bonchev–Trinajstić information content (AvgIpc) is 2.96. The zero-order valence-corrected chi connectivity index (χ0v) is 10.8. The summed E-state index contributed by atoms with van der Waals surface area (Å²) in [6, 6.07) is 3.22. The molecule has 1 unspecified atom stereocenters. The predicted octanol–water partition coefficient (Wildman–Crippen LogP) is 1.70. The SMILES string of the molecule is CC(C(=O)O)N(C)Cc1nc(-c2cccs2)no1. The second-order valence-electron chi connectivity index (χ2n) is 3.92. The number of aromatic nitrogens is 2. The summed E-state index contributed by atoms with van der Waals surface area (Å²) in [6.07, 6.45) is 0. The number of hydrogen-bond donors (Lipinski definition) is 1. The van der Waals surface area contributed by atoms with Crippen LogP contribution in [0.25, 0.3) is 10.7 Å². The Balaban J connectivity index is 2.05. The summed E-state index contributed by atoms with van der Waals surface area (Å²) in [5, 5.41) is 14.7. The van der Waals surface area contributed by atoms with Gasteiger partial charge in [0.05, 0.1) is 11.4 Å². The van der Waals surface area contributed by atoms with E-state index in [0.29, 0.717) is 18.3 Å². The fraction of sp³-hybridized carbons (Fsp3) is 0.364. The number of carbonyl (C=O) groups is 1. The fourth-order valence-corrected chi connectivity index (χ4v) is 2.01. The number of carboxylic acid groups (broad SMARTS) is 1. The van der Waals surface area contributed by atoms with E-state index in [0.717, 1.165) is 4.88 Å². The summed E-state index contributed by atoms with van der Waals surface area (Å²) in [4.78, 5) is 17.6. The van der Waals surface area contributed by atoms with Gasteiger partial charge in [-0.15, -0.1) is 11.3 Å². The molecule has 0 aliphatic heterocycles. The number of carboxylic acids is 1. The molecular formula is C11H13N3O3S. The van der Waals surface area contributed by atoms with Crippen molar-refractivity contribution < 1.29 is 14.4 Å². The molecular weight excluding hydrogens is 254 g/mol. The number of hydrogen-bond acceptors (Lipinski definition) is 6. The van der Waals surface area contributed by atoms with E-state index in [9.17, 15) is 4.79 Å². The molecule has 0 saturated carbocycles. The van der Waals surface area contributed by atoms with Crippen LogP contribution in [-0.2, 0) is 11.3 Å². The molecule has 18 heavy (non-hydrogen) atoms. The lowest BCUT2D eigenvalue weighted by Gasteiger charge is -2.18. The van der Waals surface area contributed by atoms with Crippen molar-refractivity contribution in [3.05, 3.63) is 23.4 Å². The van der Waals surface area contributed by atoms with Crippen molar-refractivity contribution in [1.82, 2.24) is 15.0 Å². The van der Waals surface area contributed by atoms with E-state index in [4.69, 9.17) is 9.63 Å². The highest BCUT2D eigenvalue weighted by molar-refractivity contribution is 7.13. The third kappa shape index (κ3) is 2.74. The molecule has 7 heteroatoms. The zero-order valence-electron chi connectivity index (χ0n) is 10.0. The number of aliphatic carboxylic acids is 1. The highest BCUT2D eigenvalue weighted by Gasteiger charge is 2.19. The minimum Gasteiger partial charge on any atom is -0.480 e. The first-order valence-electron chi connectivity index (χ1n) is 5.37. The minimum absolute atomic E-state index is 0.311. The van der Waals surface area contributed by atoms with Gasteiger partial charge in [0.1, 0.15) is 6.04 Å². The van der Waals surface area contributed by atoms with Crippen molar-refractivity contribution in [2.75, 3.05) is 7.05 Å². The van der Waals surface area contributed by atoms with Gasteiger partial charge in [-0.3, -0.25) is 9.69 Å². The average molecular weight is 267 g/mol. The van der Waals surface area contributed by atoms with Gasteiger partial charge in [-0.1, -0.05) is 11.2 Å². The third-order valence-corrected chi connectivity index (χ3v) is 3.48. The summed E-state index contributed by atoms with van der Waals surface area (Å²) < 4.78 is 5.10. The standard InChI is InChI=1S/C11H13N3O3S/c1-7(11(15)16)14(2)6-9-12-10(13-17-9)8-4-3-5-18-8/h3-5,7H,6H2,1-2H3,(H,15,16). The van der Waals surface area contributed by atoms with Crippen LogP contribution in [0.2, 0.25) is 0 Å². The maximum Gasteiger partial charge on any atom is 0.320 e. The second-order valence-corrected chi connectivity index (χ2v) is 4.87. The van der Waals surface area contributed by atoms with Crippen molar-refractivity contribution in [3.8, 4) is 10.7 Å². The molecule has 2 rings (SSSR count). The van der Waals surface area contributed by atoms with Gasteiger partial charge in [-0.2, -0.15) is 4.98 Å². The Hall–Kier alpha value is -1.73. The molecule has 1 N–H and O–H groups in total. The van der Waals surface area contributed by atoms with Crippen molar-refractivity contribution in [3.63, 3.8) is 0 Å². The normalized spacial score (nSPS) is 12.8. The van der Waals surface area contributed by atoms with Crippen molar-refractivity contribution >= 4 is 17.3 Å². The van der Waals surface area contributed by atoms with Crippen LogP contribution in [0.1, 0.15) is 12.8 Å². The molecule has 0 aliphatic rings. The van der Waals surface area contributed by atoms with Gasteiger partial charge in [0.2, 0.25) is 11.7 Å². The van der Waals surface area contributed by atoms with Crippen molar-refractivity contribution in [2.45, 2.75) is 19.5 Å². The van der Waals surface area contributed by atoms with Gasteiger partial charge in [0.15, 0.2) is 0 Å². The minimum atomic E-state index is -0.879. The van der Waals surface area contributed by atoms with Gasteiger partial charge in [0.25, 0.3) is 0 Å². The van der Waals surface area contributed by atoms with E-state index < -0.39 is 12.0 Å². The Morgan fingerprint density at radius 1 is 1.67 bits per heavy atom. The molecule has 0 bridgehead atoms. The summed E-state index contributed by atoms with van der Waals surface area (Å²) in [5.74, 6) is 0.0703. The predicted molar refractivity (Wildman–Crippen MR) is 66.2 cm³/mol. The fourth-order valence-electron chi connectivity index (χ4n) is 1.36. The van der Waals surface area contributed by atoms with E-state index in [1.165, 1.54) is 11.3 Å². The topological polar surface area (TPSA) is 79.5 Å². The van der Waals surface area contributed by atoms with Crippen LogP contribution < -0.4 is 0 Å². The van der Waals surface area contributed by atoms with Crippen LogP contribution >= 0.6 is 11.3 Å². The Morgan fingerprint density at radius 3 is 3.06 bits per heavy atom. The number of rotatable bonds is 5. The van der Waals surface area contributed by atoms with Gasteiger partial charge in [-0.25, -0.2) is 0 Å². The monoisotopic (exact) mass is 267 g/mol. The molecule has 0 saturated heterocycles. The summed E-state index contributed by atoms with van der Waals surface area (Å²) in [5.41, 5.74) is 0. The molecule has 0 spiro atoms. The van der Waals surface area contributed by atoms with Crippen molar-refractivity contribution in [1.29, 1.82) is 0 Å². The van der Waals surface area contributed by atoms with E-state index >= 15 is 0 Å². The molecule has 0 radical (unpaired) electrons. The van der Waals surface area contributed by atoms with Crippen LogP contribution in [0.5, 0.6) is 0 Å². The first-order valence-corrected chi connectivity index (χ1v) is 6.25. The van der Waals surface area contributed by atoms with Crippen LogP contribution in [0.15, 0.2) is 22.0 Å². The van der Waals surface area contributed by atoms with E-state index in [-0.39, 0.29) is 0 Å². The largest absolute Gasteiger partial charge is 0.480 e. The molecule has 0 aliphatic carbocycles. The first kappa shape index (κ1) is 12.7. The van der Waals surface area contributed by atoms with E-state index in [2.05, 4.69) is 10.1 Å². The molecule has 1 atom stereocenters. The molecule has 0 aromatic carbocycles.